The molecular weight excluding hydrogens is 429 g/mol. The molecule has 2 aromatic heterocycles. The Morgan fingerprint density at radius 1 is 1.06 bits per heavy atom. The Kier molecular flexibility index (Phi) is 5.49. The van der Waals surface area contributed by atoms with Gasteiger partial charge in [0.1, 0.15) is 11.3 Å². The number of anilines is 4. The predicted molar refractivity (Wildman–Crippen MR) is 120 cm³/mol. The summed E-state index contributed by atoms with van der Waals surface area (Å²) in [5.74, 6) is -0.367. The fourth-order valence-electron chi connectivity index (χ4n) is 3.51. The lowest BCUT2D eigenvalue weighted by atomic mass is 10.2. The summed E-state index contributed by atoms with van der Waals surface area (Å²) in [6, 6.07) is 13.3. The lowest BCUT2D eigenvalue weighted by Gasteiger charge is -2.25. The number of benzene rings is 2. The van der Waals surface area contributed by atoms with Crippen molar-refractivity contribution in [2.24, 2.45) is 0 Å². The van der Waals surface area contributed by atoms with Crippen LogP contribution in [0.1, 0.15) is 10.6 Å². The summed E-state index contributed by atoms with van der Waals surface area (Å²) in [6.07, 6.45) is 1.05. The summed E-state index contributed by atoms with van der Waals surface area (Å²) in [4.78, 5) is 22.5. The van der Waals surface area contributed by atoms with Crippen LogP contribution in [0.2, 0.25) is 0 Å². The standard InChI is InChI=1S/C23H20FN5O4/c24-18-13-25-23(28-21(18)26-15-2-1-3-17(30)12-15)27-16-4-5-19-14(10-16)11-20(33-19)22(31)29-6-8-32-9-7-29/h1-5,10-13,30H,6-9H2,(H2,25,26,27,28). The monoisotopic (exact) mass is 449 g/mol. The van der Waals surface area contributed by atoms with Crippen LogP contribution in [-0.2, 0) is 4.74 Å². The molecule has 1 fully saturated rings. The second-order valence-corrected chi connectivity index (χ2v) is 7.46. The maximum absolute atomic E-state index is 14.2. The average Bonchev–Trinajstić information content (AvgIpc) is 3.25. The van der Waals surface area contributed by atoms with Crippen LogP contribution in [0.5, 0.6) is 5.75 Å². The first-order valence-corrected chi connectivity index (χ1v) is 10.3. The number of phenolic OH excluding ortho intramolecular Hbond substituents is 1. The fourth-order valence-corrected chi connectivity index (χ4v) is 3.51. The molecule has 0 bridgehead atoms. The molecule has 33 heavy (non-hydrogen) atoms. The van der Waals surface area contributed by atoms with Crippen LogP contribution >= 0.6 is 0 Å². The van der Waals surface area contributed by atoms with E-state index in [1.54, 1.807) is 41.3 Å². The number of ether oxygens (including phenoxy) is 1. The highest BCUT2D eigenvalue weighted by atomic mass is 19.1. The van der Waals surface area contributed by atoms with Gasteiger partial charge in [-0.1, -0.05) is 6.07 Å². The van der Waals surface area contributed by atoms with Crippen LogP contribution in [0, 0.1) is 5.82 Å². The molecule has 0 spiro atoms. The smallest absolute Gasteiger partial charge is 0.289 e. The second-order valence-electron chi connectivity index (χ2n) is 7.46. The zero-order chi connectivity index (χ0) is 22.8. The van der Waals surface area contributed by atoms with E-state index in [0.29, 0.717) is 43.3 Å². The lowest BCUT2D eigenvalue weighted by molar-refractivity contribution is 0.0284. The highest BCUT2D eigenvalue weighted by Crippen LogP contribution is 2.27. The van der Waals surface area contributed by atoms with Crippen molar-refractivity contribution in [1.82, 2.24) is 14.9 Å². The Morgan fingerprint density at radius 2 is 1.88 bits per heavy atom. The number of fused-ring (bicyclic) bond motifs is 1. The molecule has 1 aliphatic heterocycles. The molecule has 3 heterocycles. The third-order valence-corrected chi connectivity index (χ3v) is 5.13. The summed E-state index contributed by atoms with van der Waals surface area (Å²) in [5.41, 5.74) is 1.70. The van der Waals surface area contributed by atoms with Gasteiger partial charge in [0.2, 0.25) is 5.95 Å². The Morgan fingerprint density at radius 3 is 2.70 bits per heavy atom. The third-order valence-electron chi connectivity index (χ3n) is 5.13. The maximum Gasteiger partial charge on any atom is 0.289 e. The van der Waals surface area contributed by atoms with Gasteiger partial charge in [0, 0.05) is 35.9 Å². The number of rotatable bonds is 5. The van der Waals surface area contributed by atoms with Gasteiger partial charge >= 0.3 is 0 Å². The van der Waals surface area contributed by atoms with Gasteiger partial charge in [0.25, 0.3) is 5.91 Å². The van der Waals surface area contributed by atoms with E-state index in [1.807, 2.05) is 0 Å². The van der Waals surface area contributed by atoms with Gasteiger partial charge in [-0.25, -0.2) is 9.37 Å². The van der Waals surface area contributed by atoms with Crippen LogP contribution < -0.4 is 10.6 Å². The van der Waals surface area contributed by atoms with Crippen LogP contribution in [-0.4, -0.2) is 52.2 Å². The zero-order valence-electron chi connectivity index (χ0n) is 17.4. The number of halogens is 1. The van der Waals surface area contributed by atoms with Crippen molar-refractivity contribution in [3.8, 4) is 5.75 Å². The van der Waals surface area contributed by atoms with Crippen molar-refractivity contribution >= 4 is 40.0 Å². The molecule has 0 aliphatic carbocycles. The molecule has 5 rings (SSSR count). The summed E-state index contributed by atoms with van der Waals surface area (Å²) in [5, 5.41) is 16.2. The first-order chi connectivity index (χ1) is 16.0. The Balaban J connectivity index is 1.35. The zero-order valence-corrected chi connectivity index (χ0v) is 17.4. The molecule has 0 radical (unpaired) electrons. The number of carbonyl (C=O) groups excluding carboxylic acids is 1. The minimum Gasteiger partial charge on any atom is -0.508 e. The molecule has 1 amide bonds. The van der Waals surface area contributed by atoms with Gasteiger partial charge in [-0.05, 0) is 36.4 Å². The highest BCUT2D eigenvalue weighted by molar-refractivity contribution is 5.96. The molecule has 2 aromatic carbocycles. The van der Waals surface area contributed by atoms with Crippen LogP contribution in [0.3, 0.4) is 0 Å². The van der Waals surface area contributed by atoms with Crippen molar-refractivity contribution in [2.75, 3.05) is 36.9 Å². The van der Waals surface area contributed by atoms with E-state index in [-0.39, 0.29) is 29.2 Å². The number of hydrogen-bond donors (Lipinski definition) is 3. The van der Waals surface area contributed by atoms with Crippen LogP contribution in [0.25, 0.3) is 11.0 Å². The number of nitrogens with one attached hydrogen (secondary N) is 2. The van der Waals surface area contributed by atoms with E-state index < -0.39 is 5.82 Å². The van der Waals surface area contributed by atoms with Crippen LogP contribution in [0.15, 0.2) is 59.1 Å². The third kappa shape index (κ3) is 4.55. The molecule has 0 saturated carbocycles. The van der Waals surface area contributed by atoms with Crippen molar-refractivity contribution < 1.29 is 23.4 Å². The minimum atomic E-state index is -0.638. The minimum absolute atomic E-state index is 0.0408. The van der Waals surface area contributed by atoms with Gasteiger partial charge < -0.3 is 29.8 Å². The number of nitrogens with zero attached hydrogens (tertiary/aromatic N) is 3. The topological polar surface area (TPSA) is 113 Å². The molecule has 0 atom stereocenters. The van der Waals surface area contributed by atoms with Gasteiger partial charge in [0.15, 0.2) is 17.4 Å². The molecule has 10 heteroatoms. The van der Waals surface area contributed by atoms with Crippen LogP contribution in [0.4, 0.5) is 27.5 Å². The largest absolute Gasteiger partial charge is 0.508 e. The number of furan rings is 1. The molecule has 1 saturated heterocycles. The van der Waals surface area contributed by atoms with E-state index >= 15 is 0 Å². The second kappa shape index (κ2) is 8.75. The molecule has 9 nitrogen and oxygen atoms in total. The van der Waals surface area contributed by atoms with Crippen molar-refractivity contribution in [2.45, 2.75) is 0 Å². The summed E-state index contributed by atoms with van der Waals surface area (Å²) in [6.45, 7) is 2.09. The van der Waals surface area contributed by atoms with Gasteiger partial charge in [0.05, 0.1) is 19.4 Å². The molecule has 1 aliphatic rings. The number of carbonyl (C=O) groups is 1. The number of aromatic nitrogens is 2. The van der Waals surface area contributed by atoms with Crippen molar-refractivity contribution in [3.63, 3.8) is 0 Å². The Hall–Kier alpha value is -4.18. The SMILES string of the molecule is O=C(c1cc2cc(Nc3ncc(F)c(Nc4cccc(O)c4)n3)ccc2o1)N1CCOCC1. The highest BCUT2D eigenvalue weighted by Gasteiger charge is 2.22. The number of aromatic hydroxyl groups is 1. The molecule has 0 unspecified atom stereocenters. The first-order valence-electron chi connectivity index (χ1n) is 10.3. The number of hydrogen-bond acceptors (Lipinski definition) is 8. The maximum atomic E-state index is 14.2. The van der Waals surface area contributed by atoms with Gasteiger partial charge in [-0.2, -0.15) is 4.98 Å². The fraction of sp³-hybridized carbons (Fsp3) is 0.174. The number of morpholine rings is 1. The summed E-state index contributed by atoms with van der Waals surface area (Å²) in [7, 11) is 0. The Labute approximate surface area is 187 Å². The molecule has 168 valence electrons. The lowest BCUT2D eigenvalue weighted by Crippen LogP contribution is -2.40. The van der Waals surface area contributed by atoms with E-state index in [0.717, 1.165) is 11.6 Å². The summed E-state index contributed by atoms with van der Waals surface area (Å²) >= 11 is 0. The predicted octanol–water partition coefficient (Wildman–Crippen LogP) is 4.03. The number of phenols is 1. The van der Waals surface area contributed by atoms with E-state index in [4.69, 9.17) is 9.15 Å². The van der Waals surface area contributed by atoms with E-state index in [9.17, 15) is 14.3 Å². The van der Waals surface area contributed by atoms with Crippen molar-refractivity contribution in [3.05, 3.63) is 66.3 Å². The molecule has 3 N–H and O–H groups in total. The van der Waals surface area contributed by atoms with E-state index in [2.05, 4.69) is 20.6 Å². The summed E-state index contributed by atoms with van der Waals surface area (Å²) < 4.78 is 25.2. The first kappa shape index (κ1) is 20.7. The Bertz CT molecular complexity index is 1320. The molecule has 4 aromatic rings. The quantitative estimate of drug-likeness (QED) is 0.419. The normalized spacial score (nSPS) is 13.8. The average molecular weight is 449 g/mol. The molecular formula is C23H20FN5O4. The van der Waals surface area contributed by atoms with Gasteiger partial charge in [-0.3, -0.25) is 4.79 Å². The van der Waals surface area contributed by atoms with Gasteiger partial charge in [-0.15, -0.1) is 0 Å². The number of amides is 1. The van der Waals surface area contributed by atoms with Crippen molar-refractivity contribution in [1.29, 1.82) is 0 Å². The van der Waals surface area contributed by atoms with E-state index in [1.165, 1.54) is 12.1 Å².